The van der Waals surface area contributed by atoms with Crippen LogP contribution in [0.5, 0.6) is 0 Å². The van der Waals surface area contributed by atoms with Gasteiger partial charge in [-0.05, 0) is 51.3 Å². The van der Waals surface area contributed by atoms with E-state index in [4.69, 9.17) is 16.3 Å². The molecule has 1 aromatic carbocycles. The lowest BCUT2D eigenvalue weighted by Gasteiger charge is -2.24. The van der Waals surface area contributed by atoms with Crippen LogP contribution in [0.4, 0.5) is 4.79 Å². The Kier molecular flexibility index (Phi) is 7.46. The van der Waals surface area contributed by atoms with Gasteiger partial charge in [0.05, 0.1) is 4.90 Å². The van der Waals surface area contributed by atoms with Gasteiger partial charge in [0, 0.05) is 5.02 Å². The summed E-state index contributed by atoms with van der Waals surface area (Å²) >= 11 is 5.80. The van der Waals surface area contributed by atoms with Gasteiger partial charge in [0.25, 0.3) is 15.9 Å². The van der Waals surface area contributed by atoms with Gasteiger partial charge in [-0.2, -0.15) is 0 Å². The maximum atomic E-state index is 12.5. The van der Waals surface area contributed by atoms with Crippen LogP contribution in [0, 0.1) is 5.92 Å². The van der Waals surface area contributed by atoms with Crippen LogP contribution >= 0.6 is 11.6 Å². The van der Waals surface area contributed by atoms with E-state index >= 15 is 0 Å². The molecule has 0 aromatic heterocycles. The van der Waals surface area contributed by atoms with Gasteiger partial charge in [0.1, 0.15) is 11.6 Å². The largest absolute Gasteiger partial charge is 0.444 e. The number of hydrogen-bond acceptors (Lipinski definition) is 5. The Balaban J connectivity index is 2.93. The van der Waals surface area contributed by atoms with Crippen molar-refractivity contribution < 1.29 is 22.7 Å². The lowest BCUT2D eigenvalue weighted by atomic mass is 10.0. The molecule has 26 heavy (non-hydrogen) atoms. The first-order valence-electron chi connectivity index (χ1n) is 8.12. The highest BCUT2D eigenvalue weighted by atomic mass is 35.5. The molecule has 9 heteroatoms. The lowest BCUT2D eigenvalue weighted by Crippen LogP contribution is -2.50. The number of ether oxygens (including phenoxy) is 1. The Morgan fingerprint density at radius 2 is 1.85 bits per heavy atom. The maximum Gasteiger partial charge on any atom is 0.408 e. The van der Waals surface area contributed by atoms with Crippen LogP contribution in [0.2, 0.25) is 5.02 Å². The second-order valence-electron chi connectivity index (χ2n) is 7.26. The fourth-order valence-electron chi connectivity index (χ4n) is 2.05. The summed E-state index contributed by atoms with van der Waals surface area (Å²) in [6, 6.07) is 4.48. The predicted molar refractivity (Wildman–Crippen MR) is 99.4 cm³/mol. The fraction of sp³-hybridized carbons (Fsp3) is 0.529. The highest BCUT2D eigenvalue weighted by Crippen LogP contribution is 2.16. The highest BCUT2D eigenvalue weighted by molar-refractivity contribution is 7.90. The van der Waals surface area contributed by atoms with Crippen LogP contribution in [-0.2, 0) is 19.6 Å². The van der Waals surface area contributed by atoms with Gasteiger partial charge in [-0.25, -0.2) is 17.9 Å². The van der Waals surface area contributed by atoms with Gasteiger partial charge in [-0.3, -0.25) is 4.79 Å². The van der Waals surface area contributed by atoms with Crippen molar-refractivity contribution >= 4 is 33.6 Å². The van der Waals surface area contributed by atoms with E-state index in [0.717, 1.165) is 0 Å². The molecule has 0 aliphatic carbocycles. The van der Waals surface area contributed by atoms with Crippen LogP contribution in [0.25, 0.3) is 0 Å². The highest BCUT2D eigenvalue weighted by Gasteiger charge is 2.28. The number of benzene rings is 1. The zero-order valence-electron chi connectivity index (χ0n) is 15.5. The van der Waals surface area contributed by atoms with Crippen molar-refractivity contribution in [2.45, 2.75) is 57.6 Å². The SMILES string of the molecule is CC(C)C[C@H](NC(=O)OC(C)(C)C)C(=O)NS(=O)(=O)c1cccc(Cl)c1. The van der Waals surface area contributed by atoms with Gasteiger partial charge in [-0.1, -0.05) is 31.5 Å². The van der Waals surface area contributed by atoms with Gasteiger partial charge in [0.2, 0.25) is 0 Å². The summed E-state index contributed by atoms with van der Waals surface area (Å²) in [6.07, 6.45) is -0.547. The topological polar surface area (TPSA) is 102 Å². The fourth-order valence-corrected chi connectivity index (χ4v) is 3.37. The average Bonchev–Trinajstić information content (AvgIpc) is 2.43. The summed E-state index contributed by atoms with van der Waals surface area (Å²) < 4.78 is 31.8. The second kappa shape index (κ2) is 8.73. The Morgan fingerprint density at radius 1 is 1.23 bits per heavy atom. The monoisotopic (exact) mass is 404 g/mol. The number of rotatable bonds is 6. The molecule has 2 amide bonds. The van der Waals surface area contributed by atoms with E-state index in [-0.39, 0.29) is 22.3 Å². The van der Waals surface area contributed by atoms with Crippen molar-refractivity contribution in [3.63, 3.8) is 0 Å². The number of amides is 2. The number of hydrogen-bond donors (Lipinski definition) is 2. The molecule has 0 saturated carbocycles. The zero-order valence-corrected chi connectivity index (χ0v) is 17.1. The van der Waals surface area contributed by atoms with E-state index in [1.54, 1.807) is 20.8 Å². The Hall–Kier alpha value is -1.80. The minimum atomic E-state index is -4.11. The molecule has 0 aliphatic heterocycles. The maximum absolute atomic E-state index is 12.5. The van der Waals surface area contributed by atoms with Crippen molar-refractivity contribution in [2.24, 2.45) is 5.92 Å². The summed E-state index contributed by atoms with van der Waals surface area (Å²) in [5, 5.41) is 2.65. The normalized spacial score (nSPS) is 13.2. The first-order chi connectivity index (χ1) is 11.8. The third kappa shape index (κ3) is 7.61. The third-order valence-corrected chi connectivity index (χ3v) is 4.64. The third-order valence-electron chi connectivity index (χ3n) is 3.06. The number of sulfonamides is 1. The molecule has 0 fully saturated rings. The molecule has 1 rings (SSSR count). The molecule has 0 bridgehead atoms. The van der Waals surface area contributed by atoms with Crippen LogP contribution in [0.15, 0.2) is 29.2 Å². The molecular formula is C17H25ClN2O5S. The van der Waals surface area contributed by atoms with E-state index in [1.807, 2.05) is 18.6 Å². The number of carbonyl (C=O) groups excluding carboxylic acids is 2. The van der Waals surface area contributed by atoms with Gasteiger partial charge in [0.15, 0.2) is 0 Å². The van der Waals surface area contributed by atoms with E-state index in [2.05, 4.69) is 5.32 Å². The predicted octanol–water partition coefficient (Wildman–Crippen LogP) is 3.08. The van der Waals surface area contributed by atoms with Gasteiger partial charge >= 0.3 is 6.09 Å². The Morgan fingerprint density at radius 3 is 2.35 bits per heavy atom. The second-order valence-corrected chi connectivity index (χ2v) is 9.37. The van der Waals surface area contributed by atoms with E-state index in [1.165, 1.54) is 24.3 Å². The van der Waals surface area contributed by atoms with E-state index in [9.17, 15) is 18.0 Å². The van der Waals surface area contributed by atoms with E-state index in [0.29, 0.717) is 0 Å². The molecule has 0 spiro atoms. The standard InChI is InChI=1S/C17H25ClN2O5S/c1-11(2)9-14(19-16(22)25-17(3,4)5)15(21)20-26(23,24)13-8-6-7-12(18)10-13/h6-8,10-11,14H,9H2,1-5H3,(H,19,22)(H,20,21)/t14-/m0/s1. The van der Waals surface area contributed by atoms with Crippen LogP contribution < -0.4 is 10.0 Å². The number of halogens is 1. The van der Waals surface area contributed by atoms with Crippen molar-refractivity contribution in [3.8, 4) is 0 Å². The summed E-state index contributed by atoms with van der Waals surface area (Å²) in [5.41, 5.74) is -0.740. The van der Waals surface area contributed by atoms with E-state index < -0.39 is 33.7 Å². The first kappa shape index (κ1) is 22.2. The molecule has 1 aromatic rings. The molecule has 0 unspecified atom stereocenters. The molecule has 0 radical (unpaired) electrons. The first-order valence-corrected chi connectivity index (χ1v) is 9.98. The van der Waals surface area contributed by atoms with Gasteiger partial charge in [-0.15, -0.1) is 0 Å². The summed E-state index contributed by atoms with van der Waals surface area (Å²) in [5.74, 6) is -0.806. The number of nitrogens with one attached hydrogen (secondary N) is 2. The Bertz CT molecular complexity index is 757. The number of alkyl carbamates (subject to hydrolysis) is 1. The molecule has 0 aliphatic rings. The van der Waals surface area contributed by atoms with Gasteiger partial charge < -0.3 is 10.1 Å². The molecule has 0 saturated heterocycles. The average molecular weight is 405 g/mol. The Labute approximate surface area is 159 Å². The van der Waals surface area contributed by atoms with Crippen molar-refractivity contribution in [2.75, 3.05) is 0 Å². The zero-order chi connectivity index (χ0) is 20.1. The van der Waals surface area contributed by atoms with Crippen LogP contribution in [0.1, 0.15) is 41.0 Å². The summed E-state index contributed by atoms with van der Waals surface area (Å²) in [4.78, 5) is 24.3. The molecule has 146 valence electrons. The lowest BCUT2D eigenvalue weighted by molar-refractivity contribution is -0.121. The minimum absolute atomic E-state index is 0.0366. The number of carbonyl (C=O) groups is 2. The van der Waals surface area contributed by atoms with Crippen molar-refractivity contribution in [3.05, 3.63) is 29.3 Å². The minimum Gasteiger partial charge on any atom is -0.444 e. The molecule has 7 nitrogen and oxygen atoms in total. The quantitative estimate of drug-likeness (QED) is 0.758. The molecule has 1 atom stereocenters. The van der Waals surface area contributed by atoms with Crippen LogP contribution in [0.3, 0.4) is 0 Å². The van der Waals surface area contributed by atoms with Crippen molar-refractivity contribution in [1.82, 2.24) is 10.0 Å². The molecule has 2 N–H and O–H groups in total. The van der Waals surface area contributed by atoms with Crippen molar-refractivity contribution in [1.29, 1.82) is 0 Å². The summed E-state index contributed by atoms with van der Waals surface area (Å²) in [7, 11) is -4.11. The summed E-state index contributed by atoms with van der Waals surface area (Å²) in [6.45, 7) is 8.76. The van der Waals surface area contributed by atoms with Crippen LogP contribution in [-0.4, -0.2) is 32.1 Å². The smallest absolute Gasteiger partial charge is 0.408 e. The molecule has 0 heterocycles. The molecular weight excluding hydrogens is 380 g/mol.